The lowest BCUT2D eigenvalue weighted by Gasteiger charge is -2.16. The zero-order chi connectivity index (χ0) is 13.8. The van der Waals surface area contributed by atoms with Crippen LogP contribution in [0.2, 0.25) is 5.15 Å². The van der Waals surface area contributed by atoms with E-state index in [4.69, 9.17) is 17.3 Å². The van der Waals surface area contributed by atoms with Gasteiger partial charge in [-0.3, -0.25) is 4.79 Å². The molecule has 4 nitrogen and oxygen atoms in total. The van der Waals surface area contributed by atoms with E-state index in [1.807, 2.05) is 0 Å². The van der Waals surface area contributed by atoms with Crippen LogP contribution in [-0.4, -0.2) is 16.9 Å². The van der Waals surface area contributed by atoms with Crippen molar-refractivity contribution in [2.75, 3.05) is 5.73 Å². The van der Waals surface area contributed by atoms with Crippen LogP contribution in [0, 0.1) is 5.92 Å². The van der Waals surface area contributed by atoms with Gasteiger partial charge in [0.05, 0.1) is 17.4 Å². The molecule has 0 saturated heterocycles. The SMILES string of the molecule is CC1CCCC(NC(=O)c2cc(N)cnc2Cl)CC1. The first-order valence-electron chi connectivity index (χ1n) is 6.78. The maximum absolute atomic E-state index is 12.2. The minimum atomic E-state index is -0.177. The number of aromatic nitrogens is 1. The molecule has 1 aliphatic rings. The molecule has 0 aliphatic heterocycles. The Kier molecular flexibility index (Phi) is 4.64. The maximum atomic E-state index is 12.2. The average Bonchev–Trinajstić information content (AvgIpc) is 2.57. The minimum absolute atomic E-state index is 0.177. The Bertz CT molecular complexity index is 464. The third-order valence-electron chi connectivity index (χ3n) is 3.70. The molecule has 0 radical (unpaired) electrons. The molecule has 2 atom stereocenters. The van der Waals surface area contributed by atoms with E-state index in [0.717, 1.165) is 31.6 Å². The van der Waals surface area contributed by atoms with Gasteiger partial charge in [0.1, 0.15) is 5.15 Å². The predicted molar refractivity (Wildman–Crippen MR) is 77.2 cm³/mol. The molecule has 5 heteroatoms. The molecule has 19 heavy (non-hydrogen) atoms. The van der Waals surface area contributed by atoms with Gasteiger partial charge in [-0.25, -0.2) is 4.98 Å². The molecular formula is C14H20ClN3O. The molecule has 104 valence electrons. The molecular weight excluding hydrogens is 262 g/mol. The Morgan fingerprint density at radius 1 is 1.42 bits per heavy atom. The molecule has 1 fully saturated rings. The molecule has 1 amide bonds. The highest BCUT2D eigenvalue weighted by molar-refractivity contribution is 6.32. The van der Waals surface area contributed by atoms with Gasteiger partial charge in [0, 0.05) is 6.04 Å². The number of carbonyl (C=O) groups is 1. The molecule has 0 bridgehead atoms. The van der Waals surface area contributed by atoms with E-state index in [2.05, 4.69) is 17.2 Å². The van der Waals surface area contributed by atoms with Crippen LogP contribution < -0.4 is 11.1 Å². The Morgan fingerprint density at radius 3 is 3.00 bits per heavy atom. The minimum Gasteiger partial charge on any atom is -0.397 e. The zero-order valence-electron chi connectivity index (χ0n) is 11.2. The van der Waals surface area contributed by atoms with Gasteiger partial charge >= 0.3 is 0 Å². The number of carbonyl (C=O) groups excluding carboxylic acids is 1. The molecule has 2 unspecified atom stereocenters. The normalized spacial score (nSPS) is 23.7. The van der Waals surface area contributed by atoms with E-state index in [1.54, 1.807) is 6.07 Å². The van der Waals surface area contributed by atoms with Crippen LogP contribution in [0.25, 0.3) is 0 Å². The summed E-state index contributed by atoms with van der Waals surface area (Å²) in [6.45, 7) is 2.27. The van der Waals surface area contributed by atoms with Crippen LogP contribution in [0.15, 0.2) is 12.3 Å². The average molecular weight is 282 g/mol. The van der Waals surface area contributed by atoms with Crippen molar-refractivity contribution in [3.63, 3.8) is 0 Å². The third kappa shape index (κ3) is 3.83. The van der Waals surface area contributed by atoms with Crippen molar-refractivity contribution >= 4 is 23.2 Å². The molecule has 1 saturated carbocycles. The van der Waals surface area contributed by atoms with E-state index in [-0.39, 0.29) is 17.1 Å². The molecule has 0 aromatic carbocycles. The molecule has 0 spiro atoms. The summed E-state index contributed by atoms with van der Waals surface area (Å²) in [4.78, 5) is 16.1. The Labute approximate surface area is 118 Å². The van der Waals surface area contributed by atoms with Crippen LogP contribution in [0.5, 0.6) is 0 Å². The second-order valence-corrected chi connectivity index (χ2v) is 5.75. The molecule has 1 heterocycles. The van der Waals surface area contributed by atoms with Crippen molar-refractivity contribution in [2.45, 2.75) is 45.1 Å². The van der Waals surface area contributed by atoms with E-state index >= 15 is 0 Å². The number of nitrogens with one attached hydrogen (secondary N) is 1. The van der Waals surface area contributed by atoms with Crippen molar-refractivity contribution in [3.8, 4) is 0 Å². The zero-order valence-corrected chi connectivity index (χ0v) is 11.9. The molecule has 1 aliphatic carbocycles. The van der Waals surface area contributed by atoms with Gasteiger partial charge in [0.15, 0.2) is 0 Å². The number of hydrogen-bond acceptors (Lipinski definition) is 3. The van der Waals surface area contributed by atoms with Gasteiger partial charge in [-0.2, -0.15) is 0 Å². The summed E-state index contributed by atoms with van der Waals surface area (Å²) < 4.78 is 0. The quantitative estimate of drug-likeness (QED) is 0.647. The highest BCUT2D eigenvalue weighted by atomic mass is 35.5. The summed E-state index contributed by atoms with van der Waals surface area (Å²) in [6, 6.07) is 1.80. The molecule has 2 rings (SSSR count). The first-order chi connectivity index (χ1) is 9.06. The summed E-state index contributed by atoms with van der Waals surface area (Å²) in [7, 11) is 0. The van der Waals surface area contributed by atoms with Crippen molar-refractivity contribution in [1.29, 1.82) is 0 Å². The summed E-state index contributed by atoms with van der Waals surface area (Å²) >= 11 is 5.94. The van der Waals surface area contributed by atoms with Crippen LogP contribution in [-0.2, 0) is 0 Å². The van der Waals surface area contributed by atoms with Gasteiger partial charge in [-0.1, -0.05) is 31.4 Å². The number of rotatable bonds is 2. The number of nitrogens with zero attached hydrogens (tertiary/aromatic N) is 1. The van der Waals surface area contributed by atoms with Gasteiger partial charge in [0.2, 0.25) is 0 Å². The number of nitrogen functional groups attached to an aromatic ring is 1. The van der Waals surface area contributed by atoms with Crippen molar-refractivity contribution in [2.24, 2.45) is 5.92 Å². The largest absolute Gasteiger partial charge is 0.397 e. The number of nitrogens with two attached hydrogens (primary N) is 1. The Morgan fingerprint density at radius 2 is 2.21 bits per heavy atom. The first kappa shape index (κ1) is 14.1. The lowest BCUT2D eigenvalue weighted by molar-refractivity contribution is 0.0933. The summed E-state index contributed by atoms with van der Waals surface area (Å²) in [5, 5.41) is 3.25. The lowest BCUT2D eigenvalue weighted by atomic mass is 10.0. The monoisotopic (exact) mass is 281 g/mol. The van der Waals surface area contributed by atoms with Crippen LogP contribution in [0.1, 0.15) is 49.4 Å². The Hall–Kier alpha value is -1.29. The summed E-state index contributed by atoms with van der Waals surface area (Å²) in [5.41, 5.74) is 6.45. The van der Waals surface area contributed by atoms with Gasteiger partial charge < -0.3 is 11.1 Å². The van der Waals surface area contributed by atoms with E-state index in [0.29, 0.717) is 11.3 Å². The highest BCUT2D eigenvalue weighted by Crippen LogP contribution is 2.23. The van der Waals surface area contributed by atoms with Crippen LogP contribution in [0.4, 0.5) is 5.69 Å². The van der Waals surface area contributed by atoms with Crippen LogP contribution in [0.3, 0.4) is 0 Å². The smallest absolute Gasteiger partial charge is 0.254 e. The second kappa shape index (κ2) is 6.24. The number of anilines is 1. The second-order valence-electron chi connectivity index (χ2n) is 5.39. The number of halogens is 1. The first-order valence-corrected chi connectivity index (χ1v) is 7.16. The lowest BCUT2D eigenvalue weighted by Crippen LogP contribution is -2.34. The maximum Gasteiger partial charge on any atom is 0.254 e. The molecule has 1 aromatic heterocycles. The van der Waals surface area contributed by atoms with Crippen LogP contribution >= 0.6 is 11.6 Å². The molecule has 3 N–H and O–H groups in total. The van der Waals surface area contributed by atoms with Gasteiger partial charge in [0.25, 0.3) is 5.91 Å². The summed E-state index contributed by atoms with van der Waals surface area (Å²) in [5.74, 6) is 0.573. The van der Waals surface area contributed by atoms with Crippen molar-refractivity contribution < 1.29 is 4.79 Å². The number of hydrogen-bond donors (Lipinski definition) is 2. The fraction of sp³-hybridized carbons (Fsp3) is 0.571. The Balaban J connectivity index is 2.02. The van der Waals surface area contributed by atoms with E-state index in [1.165, 1.54) is 12.6 Å². The van der Waals surface area contributed by atoms with Gasteiger partial charge in [-0.15, -0.1) is 0 Å². The molecule has 1 aromatic rings. The van der Waals surface area contributed by atoms with Crippen molar-refractivity contribution in [3.05, 3.63) is 23.0 Å². The highest BCUT2D eigenvalue weighted by Gasteiger charge is 2.20. The number of pyridine rings is 1. The standard InChI is InChI=1S/C14H20ClN3O/c1-9-3-2-4-11(6-5-9)18-14(19)12-7-10(16)8-17-13(12)15/h7-9,11H,2-6,16H2,1H3,(H,18,19). The predicted octanol–water partition coefficient (Wildman–Crippen LogP) is 3.02. The number of amides is 1. The van der Waals surface area contributed by atoms with E-state index in [9.17, 15) is 4.79 Å². The topological polar surface area (TPSA) is 68.0 Å². The summed E-state index contributed by atoms with van der Waals surface area (Å²) in [6.07, 6.45) is 7.08. The fourth-order valence-corrected chi connectivity index (χ4v) is 2.71. The fourth-order valence-electron chi connectivity index (χ4n) is 2.52. The van der Waals surface area contributed by atoms with Gasteiger partial charge in [-0.05, 0) is 31.2 Å². The third-order valence-corrected chi connectivity index (χ3v) is 4.00. The van der Waals surface area contributed by atoms with E-state index < -0.39 is 0 Å². The van der Waals surface area contributed by atoms with Crippen molar-refractivity contribution in [1.82, 2.24) is 10.3 Å².